The van der Waals surface area contributed by atoms with E-state index in [9.17, 15) is 24.0 Å². The third-order valence-electron chi connectivity index (χ3n) is 13.0. The van der Waals surface area contributed by atoms with E-state index in [-0.39, 0.29) is 48.6 Å². The first-order valence-corrected chi connectivity index (χ1v) is 24.5. The maximum Gasteiger partial charge on any atom is 0.276 e. The van der Waals surface area contributed by atoms with Crippen molar-refractivity contribution in [2.24, 2.45) is 23.1 Å². The van der Waals surface area contributed by atoms with Crippen molar-refractivity contribution in [3.63, 3.8) is 0 Å². The van der Waals surface area contributed by atoms with E-state index in [4.69, 9.17) is 41.4 Å². The number of ether oxygens (including phenoxy) is 3. The second-order valence-electron chi connectivity index (χ2n) is 19.0. The van der Waals surface area contributed by atoms with Crippen LogP contribution in [0.2, 0.25) is 0 Å². The normalized spacial score (nSPS) is 15.1. The number of rotatable bonds is 21. The summed E-state index contributed by atoms with van der Waals surface area (Å²) in [6.07, 6.45) is 4.93. The molecule has 2 aliphatic rings. The van der Waals surface area contributed by atoms with Crippen molar-refractivity contribution < 1.29 is 38.2 Å². The molecule has 73 heavy (non-hydrogen) atoms. The van der Waals surface area contributed by atoms with Gasteiger partial charge in [0.2, 0.25) is 29.6 Å². The van der Waals surface area contributed by atoms with Crippen LogP contribution in [0.3, 0.4) is 0 Å². The Kier molecular flexibility index (Phi) is 15.3. The average molecular weight is 1000 g/mol. The van der Waals surface area contributed by atoms with Gasteiger partial charge in [0, 0.05) is 63.5 Å². The number of aryl methyl sites for hydroxylation is 4. The van der Waals surface area contributed by atoms with Crippen LogP contribution >= 0.6 is 0 Å². The summed E-state index contributed by atoms with van der Waals surface area (Å²) in [5.41, 5.74) is 21.4. The minimum absolute atomic E-state index is 0.0381. The highest BCUT2D eigenvalue weighted by atomic mass is 16.5. The highest BCUT2D eigenvalue weighted by Crippen LogP contribution is 2.34. The van der Waals surface area contributed by atoms with Crippen molar-refractivity contribution in [2.45, 2.75) is 92.2 Å². The van der Waals surface area contributed by atoms with Crippen LogP contribution in [0.25, 0.3) is 22.1 Å². The molecule has 1 spiro atoms. The highest BCUT2D eigenvalue weighted by molar-refractivity contribution is 6.05. The van der Waals surface area contributed by atoms with E-state index in [1.807, 2.05) is 30.9 Å². The van der Waals surface area contributed by atoms with Crippen molar-refractivity contribution in [1.29, 1.82) is 0 Å². The van der Waals surface area contributed by atoms with E-state index >= 15 is 0 Å². The standard InChI is InChI=1S/C50H65N15O8/c1-8-64-37(20-30(5)58-64)45(68)56-48-54-35-22-32(43(52)66)24-39(71-7)41(35)62(48)14-10-11-15-63-42-36(55-49(63)57-46(69)38-21-31(6)59-65(38)9-2)23-33(44(53)67)25-40(42)72-17-12-13-60-26-50(27-60)28-61(16-18-73-50)47(70)34(51)19-29(3)4/h10-11,20-25,29,34H,8-9,12-19,26-28,51H2,1-7H3,(H2,52,66)(H2,53,67)(H,54,56,68)(H,55,57,69)/b11-10+/t34-/m0/s1. The summed E-state index contributed by atoms with van der Waals surface area (Å²) in [6, 6.07) is 9.01. The van der Waals surface area contributed by atoms with E-state index in [1.54, 1.807) is 56.6 Å². The molecule has 0 aliphatic carbocycles. The predicted molar refractivity (Wildman–Crippen MR) is 273 cm³/mol. The van der Waals surface area contributed by atoms with Crippen LogP contribution in [0.15, 0.2) is 48.6 Å². The second-order valence-corrected chi connectivity index (χ2v) is 19.0. The highest BCUT2D eigenvalue weighted by Gasteiger charge is 2.48. The first kappa shape index (κ1) is 51.7. The summed E-state index contributed by atoms with van der Waals surface area (Å²) in [4.78, 5) is 79.6. The summed E-state index contributed by atoms with van der Waals surface area (Å²) < 4.78 is 25.1. The number of nitrogens with one attached hydrogen (secondary N) is 2. The van der Waals surface area contributed by atoms with Gasteiger partial charge in [0.15, 0.2) is 0 Å². The number of nitrogens with zero attached hydrogens (tertiary/aromatic N) is 10. The quantitative estimate of drug-likeness (QED) is 0.0510. The van der Waals surface area contributed by atoms with Crippen molar-refractivity contribution in [3.05, 3.63) is 82.5 Å². The zero-order chi connectivity index (χ0) is 52.3. The van der Waals surface area contributed by atoms with Crippen molar-refractivity contribution >= 4 is 63.5 Å². The molecule has 2 aliphatic heterocycles. The number of fused-ring (bicyclic) bond motifs is 2. The molecule has 2 saturated heterocycles. The molecule has 4 aromatic heterocycles. The van der Waals surface area contributed by atoms with Crippen LogP contribution in [0.4, 0.5) is 11.9 Å². The predicted octanol–water partition coefficient (Wildman–Crippen LogP) is 3.46. The minimum atomic E-state index is -0.687. The molecular weight excluding hydrogens is 939 g/mol. The number of aromatic nitrogens is 8. The number of primary amides is 2. The molecule has 0 radical (unpaired) electrons. The first-order valence-electron chi connectivity index (χ1n) is 24.5. The zero-order valence-corrected chi connectivity index (χ0v) is 42.4. The topological polar surface area (TPSA) is 293 Å². The molecule has 2 fully saturated rings. The maximum atomic E-state index is 14.0. The van der Waals surface area contributed by atoms with Gasteiger partial charge in [0.25, 0.3) is 11.8 Å². The lowest BCUT2D eigenvalue weighted by Crippen LogP contribution is -2.71. The fourth-order valence-corrected chi connectivity index (χ4v) is 9.65. The van der Waals surface area contributed by atoms with Crippen molar-refractivity contribution in [1.82, 2.24) is 48.5 Å². The van der Waals surface area contributed by atoms with Gasteiger partial charge in [-0.2, -0.15) is 10.2 Å². The minimum Gasteiger partial charge on any atom is -0.494 e. The molecule has 8 rings (SSSR count). The number of anilines is 2. The molecule has 5 amide bonds. The molecule has 1 atom stereocenters. The summed E-state index contributed by atoms with van der Waals surface area (Å²) in [6.45, 7) is 16.4. The van der Waals surface area contributed by atoms with Gasteiger partial charge in [-0.1, -0.05) is 26.0 Å². The number of hydrogen-bond donors (Lipinski definition) is 5. The average Bonchev–Trinajstić information content (AvgIpc) is 4.12. The monoisotopic (exact) mass is 1000 g/mol. The first-order chi connectivity index (χ1) is 34.9. The second kappa shape index (κ2) is 21.6. The van der Waals surface area contributed by atoms with Gasteiger partial charge in [-0.25, -0.2) is 9.97 Å². The van der Waals surface area contributed by atoms with E-state index in [2.05, 4.69) is 39.6 Å². The summed E-state index contributed by atoms with van der Waals surface area (Å²) in [5.74, 6) is -1.02. The molecule has 8 N–H and O–H groups in total. The van der Waals surface area contributed by atoms with Crippen LogP contribution in [0.1, 0.15) is 93.6 Å². The Bertz CT molecular complexity index is 3100. The number of imidazole rings is 2. The number of benzene rings is 2. The van der Waals surface area contributed by atoms with Gasteiger partial charge >= 0.3 is 0 Å². The number of carbonyl (C=O) groups excluding carboxylic acids is 5. The van der Waals surface area contributed by atoms with E-state index < -0.39 is 35.3 Å². The Labute approximate surface area is 421 Å². The van der Waals surface area contributed by atoms with Crippen LogP contribution in [-0.2, 0) is 35.7 Å². The van der Waals surface area contributed by atoms with Gasteiger partial charge < -0.3 is 45.4 Å². The summed E-state index contributed by atoms with van der Waals surface area (Å²) >= 11 is 0. The third-order valence-corrected chi connectivity index (χ3v) is 13.0. The third kappa shape index (κ3) is 11.1. The molecule has 23 heteroatoms. The van der Waals surface area contributed by atoms with Crippen LogP contribution < -0.4 is 37.3 Å². The number of allylic oxidation sites excluding steroid dienone is 2. The molecule has 0 bridgehead atoms. The van der Waals surface area contributed by atoms with Crippen molar-refractivity contribution in [2.75, 3.05) is 63.7 Å². The van der Waals surface area contributed by atoms with E-state index in [0.29, 0.717) is 128 Å². The Morgan fingerprint density at radius 3 is 1.79 bits per heavy atom. The van der Waals surface area contributed by atoms with Gasteiger partial charge in [0.1, 0.15) is 39.5 Å². The maximum absolute atomic E-state index is 14.0. The lowest BCUT2D eigenvalue weighted by atomic mass is 9.91. The Hall–Kier alpha value is -7.63. The number of likely N-dealkylation sites (tertiary alicyclic amines) is 1. The van der Waals surface area contributed by atoms with Crippen LogP contribution in [0.5, 0.6) is 11.5 Å². The molecule has 0 unspecified atom stereocenters. The Morgan fingerprint density at radius 2 is 1.30 bits per heavy atom. The number of amides is 5. The zero-order valence-electron chi connectivity index (χ0n) is 42.4. The molecule has 2 aromatic carbocycles. The SMILES string of the molecule is CCn1nc(C)cc1C(=O)Nc1nc2cc(C(N)=O)cc(OC)c2n1C/C=C/Cn1c(NC(=O)c2cc(C)nn2CC)nc2cc(C(N)=O)cc(OCCCN3CC4(C3)CN(C(=O)[C@@H](N)CC(C)C)CCO4)c21. The molecule has 388 valence electrons. The number of morpholine rings is 1. The van der Waals surface area contributed by atoms with Crippen molar-refractivity contribution in [3.8, 4) is 11.5 Å². The van der Waals surface area contributed by atoms with Gasteiger partial charge in [-0.05, 0) is 82.9 Å². The fraction of sp³-hybridized carbons (Fsp3) is 0.460. The molecule has 23 nitrogen and oxygen atoms in total. The number of hydrogen-bond acceptors (Lipinski definition) is 14. The van der Waals surface area contributed by atoms with Gasteiger partial charge in [0.05, 0.1) is 55.3 Å². The number of carbonyl (C=O) groups is 5. The number of nitrogens with two attached hydrogens (primary N) is 3. The number of methoxy groups -OCH3 is 1. The molecule has 6 aromatic rings. The molecule has 0 saturated carbocycles. The molecular formula is C50H65N15O8. The largest absolute Gasteiger partial charge is 0.494 e. The Morgan fingerprint density at radius 1 is 0.781 bits per heavy atom. The summed E-state index contributed by atoms with van der Waals surface area (Å²) in [7, 11) is 1.46. The smallest absolute Gasteiger partial charge is 0.276 e. The molecule has 6 heterocycles. The summed E-state index contributed by atoms with van der Waals surface area (Å²) in [5, 5.41) is 14.8. The van der Waals surface area contributed by atoms with E-state index in [1.165, 1.54) is 19.2 Å². The van der Waals surface area contributed by atoms with Gasteiger partial charge in [-0.15, -0.1) is 0 Å². The lowest BCUT2D eigenvalue weighted by Gasteiger charge is -2.54. The Balaban J connectivity index is 1.06. The van der Waals surface area contributed by atoms with Crippen LogP contribution in [-0.4, -0.2) is 143 Å². The van der Waals surface area contributed by atoms with Gasteiger partial charge in [-0.3, -0.25) is 48.9 Å². The fourth-order valence-electron chi connectivity index (χ4n) is 9.65. The lowest BCUT2D eigenvalue weighted by molar-refractivity contribution is -0.189. The van der Waals surface area contributed by atoms with Crippen LogP contribution in [0, 0.1) is 19.8 Å². The van der Waals surface area contributed by atoms with E-state index in [0.717, 1.165) is 0 Å².